The first-order valence-corrected chi connectivity index (χ1v) is 12.8. The lowest BCUT2D eigenvalue weighted by molar-refractivity contribution is -0.117. The summed E-state index contributed by atoms with van der Waals surface area (Å²) in [6.45, 7) is 1.65. The van der Waals surface area contributed by atoms with Gasteiger partial charge in [0.05, 0.1) is 12.0 Å². The first-order valence-electron chi connectivity index (χ1n) is 11.1. The van der Waals surface area contributed by atoms with Gasteiger partial charge in [-0.15, -0.1) is 27.8 Å². The van der Waals surface area contributed by atoms with Crippen LogP contribution in [0.1, 0.15) is 40.6 Å². The Morgan fingerprint density at radius 3 is 2.76 bits per heavy atom. The van der Waals surface area contributed by atoms with Crippen LogP contribution < -0.4 is 10.9 Å². The van der Waals surface area contributed by atoms with Crippen LogP contribution in [0.5, 0.6) is 0 Å². The average Bonchev–Trinajstić information content (AvgIpc) is 3.43. The Morgan fingerprint density at radius 1 is 1.18 bits per heavy atom. The fraction of sp³-hybridized carbons (Fsp3) is 0.292. The molecule has 4 aromatic rings. The maximum Gasteiger partial charge on any atom is 0.341 e. The lowest BCUT2D eigenvalue weighted by atomic mass is 9.97. The molecular weight excluding hydrogens is 472 g/mol. The Balaban J connectivity index is 1.43. The van der Waals surface area contributed by atoms with Gasteiger partial charge in [0.15, 0.2) is 4.83 Å². The van der Waals surface area contributed by atoms with Gasteiger partial charge in [0.1, 0.15) is 17.1 Å². The van der Waals surface area contributed by atoms with Crippen LogP contribution in [0.3, 0.4) is 0 Å². The number of hydrogen-bond donors (Lipinski definition) is 1. The van der Waals surface area contributed by atoms with E-state index in [-0.39, 0.29) is 18.7 Å². The van der Waals surface area contributed by atoms with Gasteiger partial charge in [-0.1, -0.05) is 35.5 Å². The maximum atomic E-state index is 13.1. The van der Waals surface area contributed by atoms with E-state index in [1.165, 1.54) is 27.6 Å². The van der Waals surface area contributed by atoms with E-state index in [9.17, 15) is 14.4 Å². The van der Waals surface area contributed by atoms with E-state index < -0.39 is 11.9 Å². The fourth-order valence-corrected chi connectivity index (χ4v) is 6.37. The molecule has 5 rings (SSSR count). The number of carbonyl (C=O) groups excluding carboxylic acids is 2. The zero-order chi connectivity index (χ0) is 23.7. The van der Waals surface area contributed by atoms with Crippen molar-refractivity contribution in [2.45, 2.75) is 39.2 Å². The quantitative estimate of drug-likeness (QED) is 0.402. The number of benzene rings is 1. The molecule has 1 aromatic carbocycles. The summed E-state index contributed by atoms with van der Waals surface area (Å²) in [4.78, 5) is 40.6. The molecule has 8 nitrogen and oxygen atoms in total. The highest BCUT2D eigenvalue weighted by molar-refractivity contribution is 7.18. The zero-order valence-electron chi connectivity index (χ0n) is 18.5. The molecule has 0 saturated heterocycles. The Kier molecular flexibility index (Phi) is 6.25. The molecule has 3 heterocycles. The smallest absolute Gasteiger partial charge is 0.341 e. The number of thiophene rings is 2. The number of carbonyl (C=O) groups is 2. The zero-order valence-corrected chi connectivity index (χ0v) is 20.1. The summed E-state index contributed by atoms with van der Waals surface area (Å²) in [6, 6.07) is 9.43. The van der Waals surface area contributed by atoms with E-state index in [0.29, 0.717) is 26.3 Å². The molecule has 0 atom stereocenters. The highest BCUT2D eigenvalue weighted by Crippen LogP contribution is 2.36. The summed E-state index contributed by atoms with van der Waals surface area (Å²) < 4.78 is 6.33. The second kappa shape index (κ2) is 9.47. The predicted molar refractivity (Wildman–Crippen MR) is 133 cm³/mol. The minimum atomic E-state index is -0.513. The first-order chi connectivity index (χ1) is 16.6. The number of rotatable bonds is 6. The van der Waals surface area contributed by atoms with E-state index in [0.717, 1.165) is 41.5 Å². The van der Waals surface area contributed by atoms with Crippen LogP contribution in [0.25, 0.3) is 21.3 Å². The number of aromatic nitrogens is 3. The van der Waals surface area contributed by atoms with E-state index in [1.54, 1.807) is 6.92 Å². The van der Waals surface area contributed by atoms with Crippen molar-refractivity contribution in [3.05, 3.63) is 62.1 Å². The second-order valence-electron chi connectivity index (χ2n) is 7.93. The third-order valence-corrected chi connectivity index (χ3v) is 7.82. The van der Waals surface area contributed by atoms with Crippen molar-refractivity contribution < 1.29 is 14.3 Å². The van der Waals surface area contributed by atoms with Gasteiger partial charge in [-0.2, -0.15) is 0 Å². The van der Waals surface area contributed by atoms with E-state index in [1.807, 2.05) is 35.7 Å². The highest BCUT2D eigenvalue weighted by atomic mass is 32.1. The Morgan fingerprint density at radius 2 is 1.97 bits per heavy atom. The topological polar surface area (TPSA) is 103 Å². The summed E-state index contributed by atoms with van der Waals surface area (Å²) in [5.74, 6) is -0.979. The number of aryl methyl sites for hydroxylation is 2. The molecule has 0 aliphatic heterocycles. The molecule has 0 fully saturated rings. The van der Waals surface area contributed by atoms with Gasteiger partial charge in [-0.25, -0.2) is 9.48 Å². The van der Waals surface area contributed by atoms with Gasteiger partial charge in [0.2, 0.25) is 5.91 Å². The molecule has 1 amide bonds. The number of amides is 1. The monoisotopic (exact) mass is 494 g/mol. The van der Waals surface area contributed by atoms with Crippen LogP contribution >= 0.6 is 22.7 Å². The van der Waals surface area contributed by atoms with Crippen molar-refractivity contribution in [1.29, 1.82) is 0 Å². The van der Waals surface area contributed by atoms with Gasteiger partial charge in [-0.3, -0.25) is 9.59 Å². The summed E-state index contributed by atoms with van der Waals surface area (Å²) in [6.07, 6.45) is 3.95. The van der Waals surface area contributed by atoms with Crippen molar-refractivity contribution in [1.82, 2.24) is 15.0 Å². The standard InChI is InChI=1S/C24H22N4O4S2/c1-2-32-24(31)20-16(14-8-4-3-5-9-14)13-33-21(20)25-18(29)12-28-23(30)19-15-10-6-7-11-17(15)34-22(19)26-27-28/h3-5,8-9,13H,2,6-7,10-12H2,1H3,(H,25,29). The molecular formula is C24H22N4O4S2. The lowest BCUT2D eigenvalue weighted by Gasteiger charge is -2.10. The number of esters is 1. The van der Waals surface area contributed by atoms with Crippen LogP contribution in [-0.2, 0) is 28.9 Å². The first kappa shape index (κ1) is 22.4. The van der Waals surface area contributed by atoms with Crippen LogP contribution in [0.15, 0.2) is 40.5 Å². The van der Waals surface area contributed by atoms with Crippen molar-refractivity contribution in [2.75, 3.05) is 11.9 Å². The number of fused-ring (bicyclic) bond motifs is 3. The summed E-state index contributed by atoms with van der Waals surface area (Å²) in [7, 11) is 0. The highest BCUT2D eigenvalue weighted by Gasteiger charge is 2.24. The molecule has 0 unspecified atom stereocenters. The van der Waals surface area contributed by atoms with Gasteiger partial charge in [0, 0.05) is 15.8 Å². The van der Waals surface area contributed by atoms with Crippen LogP contribution in [-0.4, -0.2) is 33.5 Å². The fourth-order valence-electron chi connectivity index (χ4n) is 4.20. The van der Waals surface area contributed by atoms with Crippen LogP contribution in [0.4, 0.5) is 5.00 Å². The number of nitrogens with one attached hydrogen (secondary N) is 1. The lowest BCUT2D eigenvalue weighted by Crippen LogP contribution is -2.30. The Hall–Kier alpha value is -3.37. The molecule has 1 aliphatic rings. The summed E-state index contributed by atoms with van der Waals surface area (Å²) >= 11 is 2.75. The minimum absolute atomic E-state index is 0.215. The molecule has 34 heavy (non-hydrogen) atoms. The van der Waals surface area contributed by atoms with E-state index in [4.69, 9.17) is 4.74 Å². The maximum absolute atomic E-state index is 13.1. The predicted octanol–water partition coefficient (Wildman–Crippen LogP) is 4.28. The van der Waals surface area contributed by atoms with Crippen molar-refractivity contribution in [2.24, 2.45) is 0 Å². The van der Waals surface area contributed by atoms with Gasteiger partial charge < -0.3 is 10.1 Å². The third kappa shape index (κ3) is 4.14. The van der Waals surface area contributed by atoms with Crippen LogP contribution in [0.2, 0.25) is 0 Å². The molecule has 0 spiro atoms. The number of nitrogens with zero attached hydrogens (tertiary/aromatic N) is 3. The van der Waals surface area contributed by atoms with Gasteiger partial charge in [0.25, 0.3) is 5.56 Å². The minimum Gasteiger partial charge on any atom is -0.462 e. The van der Waals surface area contributed by atoms with Crippen LogP contribution in [0, 0.1) is 0 Å². The largest absolute Gasteiger partial charge is 0.462 e. The molecule has 1 N–H and O–H groups in total. The van der Waals surface area contributed by atoms with E-state index in [2.05, 4.69) is 15.6 Å². The molecule has 174 valence electrons. The molecule has 1 aliphatic carbocycles. The second-order valence-corrected chi connectivity index (χ2v) is 9.89. The number of ether oxygens (including phenoxy) is 1. The summed E-state index contributed by atoms with van der Waals surface area (Å²) in [5, 5.41) is 13.7. The molecule has 3 aromatic heterocycles. The van der Waals surface area contributed by atoms with Crippen molar-refractivity contribution in [3.63, 3.8) is 0 Å². The third-order valence-electron chi connectivity index (χ3n) is 5.75. The molecule has 10 heteroatoms. The molecule has 0 saturated carbocycles. The van der Waals surface area contributed by atoms with Gasteiger partial charge >= 0.3 is 5.97 Å². The molecule has 0 bridgehead atoms. The van der Waals surface area contributed by atoms with Gasteiger partial charge in [-0.05, 0) is 43.7 Å². The average molecular weight is 495 g/mol. The SMILES string of the molecule is CCOC(=O)c1c(-c2ccccc2)csc1NC(=O)Cn1nnc2sc3c(c2c1=O)CCCC3. The van der Waals surface area contributed by atoms with Crippen molar-refractivity contribution >= 4 is 49.8 Å². The van der Waals surface area contributed by atoms with E-state index >= 15 is 0 Å². The Bertz CT molecular complexity index is 1440. The molecule has 0 radical (unpaired) electrons. The Labute approximate surface area is 203 Å². The normalized spacial score (nSPS) is 13.0. The summed E-state index contributed by atoms with van der Waals surface area (Å²) in [5.41, 5.74) is 2.57. The number of hydrogen-bond acceptors (Lipinski definition) is 8. The number of anilines is 1. The van der Waals surface area contributed by atoms with Crippen molar-refractivity contribution in [3.8, 4) is 11.1 Å².